The lowest BCUT2D eigenvalue weighted by Gasteiger charge is -2.44. The van der Waals surface area contributed by atoms with Crippen LogP contribution in [0.25, 0.3) is 10.9 Å². The molecule has 0 spiro atoms. The fourth-order valence-corrected chi connectivity index (χ4v) is 8.96. The van der Waals surface area contributed by atoms with Crippen molar-refractivity contribution in [2.75, 3.05) is 57.4 Å². The number of nitrogens with zero attached hydrogens (tertiary/aromatic N) is 4. The Hall–Kier alpha value is -4.34. The van der Waals surface area contributed by atoms with Gasteiger partial charge in [0.1, 0.15) is 28.8 Å². The average Bonchev–Trinajstić information content (AvgIpc) is 3.36. The smallest absolute Gasteiger partial charge is 0.262 e. The fourth-order valence-electron chi connectivity index (χ4n) is 7.91. The van der Waals surface area contributed by atoms with E-state index in [9.17, 15) is 24.0 Å². The van der Waals surface area contributed by atoms with Gasteiger partial charge in [0.2, 0.25) is 11.8 Å². The highest BCUT2D eigenvalue weighted by Crippen LogP contribution is 2.34. The number of hydrogen-bond donors (Lipinski definition) is 2. The number of amides is 4. The van der Waals surface area contributed by atoms with Gasteiger partial charge >= 0.3 is 0 Å². The summed E-state index contributed by atoms with van der Waals surface area (Å²) in [5.74, 6) is -0.393. The predicted molar refractivity (Wildman–Crippen MR) is 191 cm³/mol. The number of fused-ring (bicyclic) bond motifs is 2. The largest absolute Gasteiger partial charge is 0.493 e. The molecular weight excluding hydrogens is 692 g/mol. The van der Waals surface area contributed by atoms with Crippen LogP contribution in [0.2, 0.25) is 0 Å². The fraction of sp³-hybridized carbons (Fsp3) is 0.514. The number of piperidine rings is 2. The van der Waals surface area contributed by atoms with Crippen LogP contribution < -0.4 is 20.5 Å². The van der Waals surface area contributed by atoms with Gasteiger partial charge in [-0.25, -0.2) is 9.37 Å². The van der Waals surface area contributed by atoms with Gasteiger partial charge < -0.3 is 24.3 Å². The molecule has 3 aromatic rings. The number of carbonyl (C=O) groups excluding carboxylic acids is 4. The van der Waals surface area contributed by atoms with Gasteiger partial charge in [0, 0.05) is 68.3 Å². The van der Waals surface area contributed by atoms with E-state index in [1.54, 1.807) is 30.0 Å². The molecule has 274 valence electrons. The topological polar surface area (TPSA) is 154 Å². The van der Waals surface area contributed by atoms with E-state index in [4.69, 9.17) is 9.47 Å². The molecule has 4 saturated heterocycles. The van der Waals surface area contributed by atoms with E-state index in [1.807, 2.05) is 6.07 Å². The second-order valence-corrected chi connectivity index (χ2v) is 15.7. The van der Waals surface area contributed by atoms with Gasteiger partial charge in [-0.15, -0.1) is 0 Å². The highest BCUT2D eigenvalue weighted by Gasteiger charge is 2.45. The summed E-state index contributed by atoms with van der Waals surface area (Å²) < 4.78 is 26.5. The molecular formula is C37H41FN6O7S. The third kappa shape index (κ3) is 7.05. The van der Waals surface area contributed by atoms with Crippen LogP contribution in [0.3, 0.4) is 0 Å². The number of nitrogens with one attached hydrogen (secondary N) is 2. The lowest BCUT2D eigenvalue weighted by atomic mass is 9.94. The molecule has 2 N–H and O–H groups in total. The number of hydrogen-bond acceptors (Lipinski definition) is 11. The van der Waals surface area contributed by atoms with Crippen molar-refractivity contribution in [2.45, 2.75) is 55.6 Å². The predicted octanol–water partition coefficient (Wildman–Crippen LogP) is 3.10. The number of carbonyl (C=O) groups is 4. The van der Waals surface area contributed by atoms with Gasteiger partial charge in [-0.2, -0.15) is 11.8 Å². The summed E-state index contributed by atoms with van der Waals surface area (Å²) in [7, 11) is 0. The van der Waals surface area contributed by atoms with Gasteiger partial charge in [0.25, 0.3) is 17.4 Å². The van der Waals surface area contributed by atoms with Crippen molar-refractivity contribution in [2.24, 2.45) is 11.8 Å². The maximum atomic E-state index is 15.0. The Morgan fingerprint density at radius 1 is 0.923 bits per heavy atom. The molecule has 5 aliphatic heterocycles. The van der Waals surface area contributed by atoms with Crippen LogP contribution in [-0.2, 0) is 20.1 Å². The lowest BCUT2D eigenvalue weighted by Crippen LogP contribution is -2.54. The SMILES string of the molecule is O=C1CCC(N2C(=O)c3ccc(N4CC(CN5CCC(COc6cc(F)c7c(=O)[nH]c(CSC8CCOCC8)nc7c6)CC5)C4)cc3C2=O)C(=O)N1. The quantitative estimate of drug-likeness (QED) is 0.296. The highest BCUT2D eigenvalue weighted by atomic mass is 32.2. The summed E-state index contributed by atoms with van der Waals surface area (Å²) in [6.07, 6.45) is 4.07. The zero-order valence-corrected chi connectivity index (χ0v) is 29.6. The first-order valence-corrected chi connectivity index (χ1v) is 19.1. The maximum Gasteiger partial charge on any atom is 0.262 e. The summed E-state index contributed by atoms with van der Waals surface area (Å²) in [4.78, 5) is 75.9. The first-order valence-electron chi connectivity index (χ1n) is 18.1. The van der Waals surface area contributed by atoms with Gasteiger partial charge in [-0.3, -0.25) is 34.2 Å². The molecule has 6 heterocycles. The molecule has 15 heteroatoms. The number of H-pyrrole nitrogens is 1. The van der Waals surface area contributed by atoms with Crippen molar-refractivity contribution in [3.63, 3.8) is 0 Å². The number of aromatic amines is 1. The summed E-state index contributed by atoms with van der Waals surface area (Å²) in [5, 5.41) is 2.63. The van der Waals surface area contributed by atoms with E-state index in [2.05, 4.69) is 25.1 Å². The molecule has 4 amide bonds. The van der Waals surface area contributed by atoms with E-state index in [0.717, 1.165) is 82.2 Å². The van der Waals surface area contributed by atoms with Crippen molar-refractivity contribution in [1.29, 1.82) is 0 Å². The molecule has 8 rings (SSSR count). The molecule has 13 nitrogen and oxygen atoms in total. The van der Waals surface area contributed by atoms with E-state index in [0.29, 0.717) is 52.1 Å². The summed E-state index contributed by atoms with van der Waals surface area (Å²) >= 11 is 1.74. The van der Waals surface area contributed by atoms with E-state index in [-0.39, 0.29) is 23.8 Å². The van der Waals surface area contributed by atoms with Gasteiger partial charge in [0.05, 0.1) is 29.0 Å². The Morgan fingerprint density at radius 2 is 1.69 bits per heavy atom. The number of rotatable bonds is 10. The van der Waals surface area contributed by atoms with Gasteiger partial charge in [0.15, 0.2) is 0 Å². The average molecular weight is 733 g/mol. The molecule has 2 aromatic carbocycles. The Labute approximate surface area is 303 Å². The number of imide groups is 2. The van der Waals surface area contributed by atoms with Gasteiger partial charge in [-0.1, -0.05) is 0 Å². The van der Waals surface area contributed by atoms with Crippen molar-refractivity contribution in [3.8, 4) is 5.75 Å². The van der Waals surface area contributed by atoms with Crippen molar-refractivity contribution in [3.05, 3.63) is 63.5 Å². The third-order valence-corrected chi connectivity index (χ3v) is 12.2. The molecule has 1 unspecified atom stereocenters. The standard InChI is InChI=1S/C37H41FN6O7S/c38-28-14-24(15-29-33(28)35(47)40-31(39-29)20-52-25-7-11-50-12-8-25)51-19-21-5-9-42(10-6-21)16-22-17-43(18-22)23-1-2-26-27(13-23)37(49)44(36(26)48)30-3-4-32(45)41-34(30)46/h1-2,13-15,21-22,25,30H,3-12,16-20H2,(H,39,40,47)(H,41,45,46). The van der Waals surface area contributed by atoms with E-state index < -0.39 is 41.0 Å². The second-order valence-electron chi connectivity index (χ2n) is 14.4. The van der Waals surface area contributed by atoms with E-state index >= 15 is 4.39 Å². The second kappa shape index (κ2) is 14.6. The number of likely N-dealkylation sites (tertiary alicyclic amines) is 1. The number of benzene rings is 2. The number of thioether (sulfide) groups is 1. The normalized spacial score (nSPS) is 22.2. The van der Waals surface area contributed by atoms with Crippen molar-refractivity contribution >= 4 is 52.0 Å². The Morgan fingerprint density at radius 3 is 2.46 bits per heavy atom. The van der Waals surface area contributed by atoms with Crippen LogP contribution in [0.5, 0.6) is 5.75 Å². The number of ether oxygens (including phenoxy) is 2. The summed E-state index contributed by atoms with van der Waals surface area (Å²) in [5.41, 5.74) is 1.27. The van der Waals surface area contributed by atoms with Crippen LogP contribution in [-0.4, -0.2) is 107 Å². The molecule has 1 atom stereocenters. The molecule has 4 fully saturated rings. The summed E-state index contributed by atoms with van der Waals surface area (Å²) in [6, 6.07) is 7.21. The first kappa shape index (κ1) is 34.7. The summed E-state index contributed by atoms with van der Waals surface area (Å²) in [6.45, 7) is 6.46. The van der Waals surface area contributed by atoms with Crippen LogP contribution in [0.15, 0.2) is 35.1 Å². The zero-order valence-electron chi connectivity index (χ0n) is 28.7. The number of halogens is 1. The van der Waals surface area contributed by atoms with Crippen LogP contribution in [0.1, 0.15) is 65.1 Å². The maximum absolute atomic E-state index is 15.0. The minimum absolute atomic E-state index is 0.0498. The van der Waals surface area contributed by atoms with Gasteiger partial charge in [-0.05, 0) is 69.3 Å². The van der Waals surface area contributed by atoms with E-state index in [1.165, 1.54) is 6.07 Å². The zero-order chi connectivity index (χ0) is 35.9. The minimum Gasteiger partial charge on any atom is -0.493 e. The minimum atomic E-state index is -0.978. The molecule has 1 aromatic heterocycles. The van der Waals surface area contributed by atoms with Crippen LogP contribution in [0.4, 0.5) is 10.1 Å². The highest BCUT2D eigenvalue weighted by molar-refractivity contribution is 7.99. The molecule has 0 bridgehead atoms. The molecule has 0 radical (unpaired) electrons. The van der Waals surface area contributed by atoms with Crippen LogP contribution in [0, 0.1) is 17.7 Å². The third-order valence-electron chi connectivity index (χ3n) is 10.9. The number of anilines is 1. The van der Waals surface area contributed by atoms with Crippen LogP contribution >= 0.6 is 11.8 Å². The van der Waals surface area contributed by atoms with Crippen molar-refractivity contribution in [1.82, 2.24) is 25.1 Å². The molecule has 0 saturated carbocycles. The Balaban J connectivity index is 0.798. The monoisotopic (exact) mass is 732 g/mol. The molecule has 5 aliphatic rings. The lowest BCUT2D eigenvalue weighted by molar-refractivity contribution is -0.136. The molecule has 0 aliphatic carbocycles. The number of aromatic nitrogens is 2. The molecule has 52 heavy (non-hydrogen) atoms. The Kier molecular flexibility index (Phi) is 9.74. The van der Waals surface area contributed by atoms with Crippen molar-refractivity contribution < 1.29 is 33.0 Å². The first-order chi connectivity index (χ1) is 25.2. The Bertz CT molecular complexity index is 1970.